The van der Waals surface area contributed by atoms with Crippen LogP contribution in [0.4, 0.5) is 0 Å². The van der Waals surface area contributed by atoms with E-state index in [2.05, 4.69) is 26.6 Å². The Kier molecular flexibility index (Phi) is 5.88. The SMILES string of the molecule is O=C(Cn1cc(Br)ccc1=O)NC(Cc1ccccc1)C(=O)NC1CC1. The van der Waals surface area contributed by atoms with Gasteiger partial charge in [-0.05, 0) is 40.4 Å². The first kappa shape index (κ1) is 18.4. The molecule has 1 fully saturated rings. The van der Waals surface area contributed by atoms with E-state index in [1.54, 1.807) is 12.3 Å². The van der Waals surface area contributed by atoms with Crippen molar-refractivity contribution in [2.45, 2.75) is 37.9 Å². The number of pyridine rings is 1. The summed E-state index contributed by atoms with van der Waals surface area (Å²) in [5, 5.41) is 5.70. The zero-order valence-electron chi connectivity index (χ0n) is 14.2. The summed E-state index contributed by atoms with van der Waals surface area (Å²) in [5.74, 6) is -0.566. The molecule has 0 radical (unpaired) electrons. The van der Waals surface area contributed by atoms with Gasteiger partial charge < -0.3 is 15.2 Å². The summed E-state index contributed by atoms with van der Waals surface area (Å²) in [4.78, 5) is 36.8. The highest BCUT2D eigenvalue weighted by molar-refractivity contribution is 9.10. The maximum Gasteiger partial charge on any atom is 0.251 e. The number of carbonyl (C=O) groups excluding carboxylic acids is 2. The van der Waals surface area contributed by atoms with E-state index in [1.165, 1.54) is 10.6 Å². The standard InChI is InChI=1S/C19H20BrN3O3/c20-14-6-9-18(25)23(11-14)12-17(24)22-16(19(26)21-15-7-8-15)10-13-4-2-1-3-5-13/h1-6,9,11,15-16H,7-8,10,12H2,(H,21,26)(H,22,24). The molecule has 1 aliphatic carbocycles. The minimum absolute atomic E-state index is 0.139. The molecule has 1 aromatic carbocycles. The fourth-order valence-corrected chi connectivity index (χ4v) is 2.99. The Balaban J connectivity index is 1.69. The van der Waals surface area contributed by atoms with E-state index in [1.807, 2.05) is 30.3 Å². The molecule has 1 aromatic heterocycles. The molecule has 1 heterocycles. The fraction of sp³-hybridized carbons (Fsp3) is 0.316. The van der Waals surface area contributed by atoms with Crippen molar-refractivity contribution in [1.29, 1.82) is 0 Å². The van der Waals surface area contributed by atoms with E-state index in [4.69, 9.17) is 0 Å². The lowest BCUT2D eigenvalue weighted by atomic mass is 10.1. The topological polar surface area (TPSA) is 80.2 Å². The van der Waals surface area contributed by atoms with Gasteiger partial charge in [0.15, 0.2) is 0 Å². The van der Waals surface area contributed by atoms with Crippen LogP contribution in [0.2, 0.25) is 0 Å². The van der Waals surface area contributed by atoms with Gasteiger partial charge in [-0.2, -0.15) is 0 Å². The van der Waals surface area contributed by atoms with Gasteiger partial charge in [0, 0.05) is 29.2 Å². The van der Waals surface area contributed by atoms with Gasteiger partial charge >= 0.3 is 0 Å². The average Bonchev–Trinajstić information content (AvgIpc) is 3.42. The largest absolute Gasteiger partial charge is 0.352 e. The first-order valence-electron chi connectivity index (χ1n) is 8.51. The van der Waals surface area contributed by atoms with Gasteiger partial charge in [-0.1, -0.05) is 30.3 Å². The summed E-state index contributed by atoms with van der Waals surface area (Å²) >= 11 is 3.28. The number of halogens is 1. The molecule has 2 aromatic rings. The van der Waals surface area contributed by atoms with E-state index in [0.717, 1.165) is 18.4 Å². The second-order valence-electron chi connectivity index (χ2n) is 6.41. The van der Waals surface area contributed by atoms with Crippen molar-refractivity contribution in [2.75, 3.05) is 0 Å². The maximum absolute atomic E-state index is 12.5. The van der Waals surface area contributed by atoms with Crippen LogP contribution in [0.3, 0.4) is 0 Å². The Bertz CT molecular complexity index is 847. The number of amides is 2. The number of aromatic nitrogens is 1. The summed E-state index contributed by atoms with van der Waals surface area (Å²) in [7, 11) is 0. The summed E-state index contributed by atoms with van der Waals surface area (Å²) < 4.78 is 2.01. The minimum Gasteiger partial charge on any atom is -0.352 e. The van der Waals surface area contributed by atoms with E-state index < -0.39 is 6.04 Å². The van der Waals surface area contributed by atoms with Gasteiger partial charge in [0.05, 0.1) is 0 Å². The Morgan fingerprint density at radius 2 is 1.88 bits per heavy atom. The molecule has 136 valence electrons. The predicted molar refractivity (Wildman–Crippen MR) is 102 cm³/mol. The molecule has 7 heteroatoms. The zero-order valence-corrected chi connectivity index (χ0v) is 15.7. The lowest BCUT2D eigenvalue weighted by Gasteiger charge is -2.19. The third-order valence-electron chi connectivity index (χ3n) is 4.12. The fourth-order valence-electron chi connectivity index (χ4n) is 2.61. The third-order valence-corrected chi connectivity index (χ3v) is 4.59. The molecule has 2 amide bonds. The number of carbonyl (C=O) groups is 2. The number of hydrogen-bond donors (Lipinski definition) is 2. The molecule has 1 atom stereocenters. The van der Waals surface area contributed by atoms with Crippen molar-refractivity contribution in [3.05, 3.63) is 69.1 Å². The molecule has 1 aliphatic rings. The molecular formula is C19H20BrN3O3. The first-order valence-corrected chi connectivity index (χ1v) is 9.30. The van der Waals surface area contributed by atoms with Crippen LogP contribution >= 0.6 is 15.9 Å². The van der Waals surface area contributed by atoms with Gasteiger partial charge in [0.25, 0.3) is 5.56 Å². The Morgan fingerprint density at radius 3 is 2.58 bits per heavy atom. The van der Waals surface area contributed by atoms with Crippen LogP contribution in [0.5, 0.6) is 0 Å². The summed E-state index contributed by atoms with van der Waals surface area (Å²) in [6.07, 6.45) is 3.91. The number of nitrogens with zero attached hydrogens (tertiary/aromatic N) is 1. The molecule has 6 nitrogen and oxygen atoms in total. The van der Waals surface area contributed by atoms with Gasteiger partial charge in [-0.3, -0.25) is 14.4 Å². The van der Waals surface area contributed by atoms with Crippen molar-refractivity contribution < 1.29 is 9.59 Å². The molecule has 1 saturated carbocycles. The molecule has 0 saturated heterocycles. The molecule has 0 aliphatic heterocycles. The van der Waals surface area contributed by atoms with Crippen molar-refractivity contribution >= 4 is 27.7 Å². The summed E-state index contributed by atoms with van der Waals surface area (Å²) in [6.45, 7) is -0.139. The molecule has 0 spiro atoms. The van der Waals surface area contributed by atoms with Gasteiger partial charge in [-0.15, -0.1) is 0 Å². The minimum atomic E-state index is -0.673. The van der Waals surface area contributed by atoms with Crippen LogP contribution in [0, 0.1) is 0 Å². The lowest BCUT2D eigenvalue weighted by molar-refractivity contribution is -0.129. The predicted octanol–water partition coefficient (Wildman–Crippen LogP) is 1.62. The second-order valence-corrected chi connectivity index (χ2v) is 7.32. The highest BCUT2D eigenvalue weighted by Gasteiger charge is 2.28. The molecular weight excluding hydrogens is 398 g/mol. The Labute approximate surface area is 159 Å². The van der Waals surface area contributed by atoms with Crippen LogP contribution in [0.15, 0.2) is 57.9 Å². The first-order chi connectivity index (χ1) is 12.5. The average molecular weight is 418 g/mol. The van der Waals surface area contributed by atoms with Crippen LogP contribution < -0.4 is 16.2 Å². The van der Waals surface area contributed by atoms with Crippen molar-refractivity contribution in [2.24, 2.45) is 0 Å². The Hall–Kier alpha value is -2.41. The summed E-state index contributed by atoms with van der Waals surface area (Å²) in [5.41, 5.74) is 0.689. The smallest absolute Gasteiger partial charge is 0.251 e. The monoisotopic (exact) mass is 417 g/mol. The quantitative estimate of drug-likeness (QED) is 0.717. The van der Waals surface area contributed by atoms with E-state index in [0.29, 0.717) is 10.9 Å². The normalized spacial score (nSPS) is 14.5. The molecule has 3 rings (SSSR count). The number of benzene rings is 1. The molecule has 2 N–H and O–H groups in total. The molecule has 1 unspecified atom stereocenters. The van der Waals surface area contributed by atoms with Crippen molar-refractivity contribution in [3.63, 3.8) is 0 Å². The number of nitrogens with one attached hydrogen (secondary N) is 2. The number of rotatable bonds is 7. The Morgan fingerprint density at radius 1 is 1.15 bits per heavy atom. The summed E-state index contributed by atoms with van der Waals surface area (Å²) in [6, 6.07) is 12.1. The zero-order chi connectivity index (χ0) is 18.5. The van der Waals surface area contributed by atoms with Crippen LogP contribution in [0.1, 0.15) is 18.4 Å². The van der Waals surface area contributed by atoms with Crippen molar-refractivity contribution in [1.82, 2.24) is 15.2 Å². The lowest BCUT2D eigenvalue weighted by Crippen LogP contribution is -2.49. The van der Waals surface area contributed by atoms with Crippen LogP contribution in [0.25, 0.3) is 0 Å². The van der Waals surface area contributed by atoms with Gasteiger partial charge in [0.2, 0.25) is 11.8 Å². The van der Waals surface area contributed by atoms with Crippen LogP contribution in [-0.4, -0.2) is 28.5 Å². The maximum atomic E-state index is 12.5. The van der Waals surface area contributed by atoms with E-state index in [9.17, 15) is 14.4 Å². The van der Waals surface area contributed by atoms with Gasteiger partial charge in [0.1, 0.15) is 12.6 Å². The van der Waals surface area contributed by atoms with E-state index in [-0.39, 0.29) is 30.0 Å². The number of hydrogen-bond acceptors (Lipinski definition) is 3. The third kappa shape index (κ3) is 5.29. The highest BCUT2D eigenvalue weighted by Crippen LogP contribution is 2.19. The second kappa shape index (κ2) is 8.31. The van der Waals surface area contributed by atoms with Gasteiger partial charge in [-0.25, -0.2) is 0 Å². The molecule has 0 bridgehead atoms. The van der Waals surface area contributed by atoms with Crippen molar-refractivity contribution in [3.8, 4) is 0 Å². The molecule has 26 heavy (non-hydrogen) atoms. The highest BCUT2D eigenvalue weighted by atomic mass is 79.9. The van der Waals surface area contributed by atoms with Crippen LogP contribution in [-0.2, 0) is 22.6 Å². The van der Waals surface area contributed by atoms with E-state index >= 15 is 0 Å².